The van der Waals surface area contributed by atoms with Gasteiger partial charge >= 0.3 is 0 Å². The molecule has 0 radical (unpaired) electrons. The molecule has 0 bridgehead atoms. The standard InChI is InChI=1S/C11H10ClN3O/c12-8-2-1-6-4-11(5-7(6)3-8)9(16)14-10(13)15-11/h1-3H,4-5H2,(H3,13,14,15,16). The van der Waals surface area contributed by atoms with E-state index < -0.39 is 5.54 Å². The number of carbonyl (C=O) groups excluding carboxylic acids is 1. The van der Waals surface area contributed by atoms with E-state index in [0.717, 1.165) is 11.1 Å². The molecule has 82 valence electrons. The molecule has 3 rings (SSSR count). The Labute approximate surface area is 97.5 Å². The third-order valence-corrected chi connectivity index (χ3v) is 3.37. The van der Waals surface area contributed by atoms with Crippen LogP contribution in [0.3, 0.4) is 0 Å². The maximum atomic E-state index is 11.8. The highest BCUT2D eigenvalue weighted by atomic mass is 35.5. The van der Waals surface area contributed by atoms with Crippen LogP contribution >= 0.6 is 11.6 Å². The van der Waals surface area contributed by atoms with Gasteiger partial charge < -0.3 is 5.73 Å². The zero-order valence-corrected chi connectivity index (χ0v) is 9.21. The van der Waals surface area contributed by atoms with E-state index >= 15 is 0 Å². The Bertz CT molecular complexity index is 526. The lowest BCUT2D eigenvalue weighted by Crippen LogP contribution is -2.41. The number of guanidine groups is 1. The lowest BCUT2D eigenvalue weighted by Gasteiger charge is -2.14. The van der Waals surface area contributed by atoms with Crippen molar-refractivity contribution in [1.82, 2.24) is 5.32 Å². The van der Waals surface area contributed by atoms with E-state index in [1.807, 2.05) is 18.2 Å². The number of rotatable bonds is 0. The Morgan fingerprint density at radius 1 is 1.38 bits per heavy atom. The average Bonchev–Trinajstić information content (AvgIpc) is 2.67. The number of carbonyl (C=O) groups is 1. The van der Waals surface area contributed by atoms with Crippen molar-refractivity contribution in [3.8, 4) is 0 Å². The van der Waals surface area contributed by atoms with Gasteiger partial charge in [0.25, 0.3) is 5.91 Å². The molecular weight excluding hydrogens is 226 g/mol. The maximum Gasteiger partial charge on any atom is 0.255 e. The first kappa shape index (κ1) is 9.66. The molecular formula is C11H10ClN3O. The summed E-state index contributed by atoms with van der Waals surface area (Å²) in [6, 6.07) is 5.67. The van der Waals surface area contributed by atoms with Crippen molar-refractivity contribution in [2.24, 2.45) is 10.7 Å². The second-order valence-electron chi connectivity index (χ2n) is 4.25. The number of benzene rings is 1. The van der Waals surface area contributed by atoms with Crippen molar-refractivity contribution in [3.05, 3.63) is 34.3 Å². The molecule has 3 N–H and O–H groups in total. The molecule has 5 heteroatoms. The normalized spacial score (nSPS) is 26.8. The summed E-state index contributed by atoms with van der Waals surface area (Å²) in [4.78, 5) is 16.1. The fourth-order valence-electron chi connectivity index (χ4n) is 2.41. The molecule has 0 aromatic heterocycles. The molecule has 1 spiro atoms. The number of nitrogens with two attached hydrogens (primary N) is 1. The highest BCUT2D eigenvalue weighted by Gasteiger charge is 2.47. The van der Waals surface area contributed by atoms with E-state index in [1.54, 1.807) is 0 Å². The van der Waals surface area contributed by atoms with Gasteiger partial charge in [-0.05, 0) is 23.3 Å². The molecule has 1 atom stereocenters. The summed E-state index contributed by atoms with van der Waals surface area (Å²) in [5, 5.41) is 3.24. The summed E-state index contributed by atoms with van der Waals surface area (Å²) in [5.41, 5.74) is 7.02. The molecule has 1 aliphatic carbocycles. The number of aliphatic imine (C=N–C) groups is 1. The van der Waals surface area contributed by atoms with Crippen LogP contribution in [0.1, 0.15) is 11.1 Å². The Balaban J connectivity index is 2.04. The van der Waals surface area contributed by atoms with Gasteiger partial charge in [0.2, 0.25) is 0 Å². The van der Waals surface area contributed by atoms with E-state index in [4.69, 9.17) is 17.3 Å². The van der Waals surface area contributed by atoms with Crippen LogP contribution in [-0.2, 0) is 17.6 Å². The second-order valence-corrected chi connectivity index (χ2v) is 4.69. The zero-order valence-electron chi connectivity index (χ0n) is 8.46. The Hall–Kier alpha value is -1.55. The molecule has 1 aromatic rings. The topological polar surface area (TPSA) is 67.5 Å². The molecule has 1 aliphatic heterocycles. The van der Waals surface area contributed by atoms with Crippen molar-refractivity contribution < 1.29 is 4.79 Å². The summed E-state index contributed by atoms with van der Waals surface area (Å²) in [6.45, 7) is 0. The predicted molar refractivity (Wildman–Crippen MR) is 61.4 cm³/mol. The molecule has 16 heavy (non-hydrogen) atoms. The predicted octanol–water partition coefficient (Wildman–Crippen LogP) is 0.622. The molecule has 0 saturated heterocycles. The van der Waals surface area contributed by atoms with Gasteiger partial charge in [0, 0.05) is 17.9 Å². The second kappa shape index (κ2) is 2.98. The number of fused-ring (bicyclic) bond motifs is 1. The Morgan fingerprint density at radius 2 is 2.12 bits per heavy atom. The van der Waals surface area contributed by atoms with E-state index in [2.05, 4.69) is 10.3 Å². The van der Waals surface area contributed by atoms with E-state index in [9.17, 15) is 4.79 Å². The highest BCUT2D eigenvalue weighted by molar-refractivity contribution is 6.30. The van der Waals surface area contributed by atoms with Crippen LogP contribution in [-0.4, -0.2) is 17.4 Å². The lowest BCUT2D eigenvalue weighted by molar-refractivity contribution is -0.123. The Kier molecular flexibility index (Phi) is 1.80. The van der Waals surface area contributed by atoms with Crippen molar-refractivity contribution in [2.75, 3.05) is 0 Å². The van der Waals surface area contributed by atoms with Crippen molar-refractivity contribution >= 4 is 23.5 Å². The van der Waals surface area contributed by atoms with Gasteiger partial charge in [0.05, 0.1) is 0 Å². The summed E-state index contributed by atoms with van der Waals surface area (Å²) in [7, 11) is 0. The zero-order chi connectivity index (χ0) is 11.3. The third kappa shape index (κ3) is 1.23. The molecule has 2 aliphatic rings. The van der Waals surface area contributed by atoms with Crippen LogP contribution in [0.2, 0.25) is 5.02 Å². The summed E-state index contributed by atoms with van der Waals surface area (Å²) >= 11 is 5.92. The highest BCUT2D eigenvalue weighted by Crippen LogP contribution is 2.36. The van der Waals surface area contributed by atoms with Gasteiger partial charge in [-0.1, -0.05) is 17.7 Å². The number of nitrogens with zero attached hydrogens (tertiary/aromatic N) is 1. The summed E-state index contributed by atoms with van der Waals surface area (Å²) < 4.78 is 0. The molecule has 1 unspecified atom stereocenters. The van der Waals surface area contributed by atoms with Gasteiger partial charge in [-0.15, -0.1) is 0 Å². The van der Waals surface area contributed by atoms with Gasteiger partial charge in [-0.3, -0.25) is 10.1 Å². The minimum atomic E-state index is -0.725. The van der Waals surface area contributed by atoms with Crippen LogP contribution in [0.4, 0.5) is 0 Å². The Morgan fingerprint density at radius 3 is 2.81 bits per heavy atom. The van der Waals surface area contributed by atoms with Gasteiger partial charge in [-0.2, -0.15) is 0 Å². The summed E-state index contributed by atoms with van der Waals surface area (Å²) in [5.74, 6) is 0.0984. The monoisotopic (exact) mass is 235 g/mol. The van der Waals surface area contributed by atoms with Crippen LogP contribution in [0, 0.1) is 0 Å². The fraction of sp³-hybridized carbons (Fsp3) is 0.273. The first-order chi connectivity index (χ1) is 7.59. The number of hydrogen-bond donors (Lipinski definition) is 2. The van der Waals surface area contributed by atoms with Gasteiger partial charge in [-0.25, -0.2) is 4.99 Å². The van der Waals surface area contributed by atoms with Crippen molar-refractivity contribution in [2.45, 2.75) is 18.4 Å². The third-order valence-electron chi connectivity index (χ3n) is 3.13. The minimum Gasteiger partial charge on any atom is -0.370 e. The van der Waals surface area contributed by atoms with E-state index in [0.29, 0.717) is 17.9 Å². The molecule has 1 aromatic carbocycles. The number of nitrogens with one attached hydrogen (secondary N) is 1. The molecule has 1 amide bonds. The van der Waals surface area contributed by atoms with Gasteiger partial charge in [0.15, 0.2) is 11.5 Å². The smallest absolute Gasteiger partial charge is 0.255 e. The largest absolute Gasteiger partial charge is 0.370 e. The summed E-state index contributed by atoms with van der Waals surface area (Å²) in [6.07, 6.45) is 1.18. The fourth-order valence-corrected chi connectivity index (χ4v) is 2.60. The van der Waals surface area contributed by atoms with Crippen LogP contribution < -0.4 is 11.1 Å². The van der Waals surface area contributed by atoms with Gasteiger partial charge in [0.1, 0.15) is 0 Å². The molecule has 0 saturated carbocycles. The van der Waals surface area contributed by atoms with Crippen LogP contribution in [0.15, 0.2) is 23.2 Å². The first-order valence-electron chi connectivity index (χ1n) is 5.03. The SMILES string of the molecule is NC1=NC2(Cc3ccc(Cl)cc3C2)C(=O)N1. The number of halogens is 1. The molecule has 0 fully saturated rings. The maximum absolute atomic E-state index is 11.8. The number of amides is 1. The van der Waals surface area contributed by atoms with Crippen LogP contribution in [0.25, 0.3) is 0 Å². The number of hydrogen-bond acceptors (Lipinski definition) is 3. The molecule has 1 heterocycles. The molecule has 4 nitrogen and oxygen atoms in total. The van der Waals surface area contributed by atoms with Crippen molar-refractivity contribution in [3.63, 3.8) is 0 Å². The van der Waals surface area contributed by atoms with Crippen molar-refractivity contribution in [1.29, 1.82) is 0 Å². The van der Waals surface area contributed by atoms with E-state index in [-0.39, 0.29) is 11.9 Å². The lowest BCUT2D eigenvalue weighted by atomic mass is 9.97. The quantitative estimate of drug-likeness (QED) is 0.692. The van der Waals surface area contributed by atoms with E-state index in [1.165, 1.54) is 0 Å². The van der Waals surface area contributed by atoms with Crippen LogP contribution in [0.5, 0.6) is 0 Å². The first-order valence-corrected chi connectivity index (χ1v) is 5.41. The minimum absolute atomic E-state index is 0.114. The average molecular weight is 236 g/mol.